The Bertz CT molecular complexity index is 493. The molecular weight excluding hydrogens is 290 g/mol. The van der Waals surface area contributed by atoms with E-state index in [1.54, 1.807) is 0 Å². The third-order valence-corrected chi connectivity index (χ3v) is 4.36. The first-order valence-corrected chi connectivity index (χ1v) is 8.29. The topological polar surface area (TPSA) is 67.6 Å². The van der Waals surface area contributed by atoms with Crippen LogP contribution in [-0.2, 0) is 9.53 Å². The fourth-order valence-corrected chi connectivity index (χ4v) is 2.72. The highest BCUT2D eigenvalue weighted by atomic mass is 16.5. The fourth-order valence-electron chi connectivity index (χ4n) is 2.72. The van der Waals surface area contributed by atoms with Gasteiger partial charge in [0.25, 0.3) is 0 Å². The molecule has 1 aliphatic heterocycles. The fraction of sp³-hybridized carbons (Fsp3) is 0.611. The van der Waals surface area contributed by atoms with E-state index in [0.717, 1.165) is 26.3 Å². The van der Waals surface area contributed by atoms with Gasteiger partial charge in [0, 0.05) is 19.6 Å². The molecule has 3 N–H and O–H groups in total. The molecule has 128 valence electrons. The van der Waals surface area contributed by atoms with Gasteiger partial charge in [0.05, 0.1) is 25.3 Å². The maximum Gasteiger partial charge on any atom is 0.237 e. The molecule has 0 radical (unpaired) electrons. The molecule has 5 heteroatoms. The van der Waals surface area contributed by atoms with Crippen LogP contribution in [0.3, 0.4) is 0 Å². The number of amides is 1. The third kappa shape index (κ3) is 5.03. The van der Waals surface area contributed by atoms with Gasteiger partial charge in [-0.05, 0) is 11.0 Å². The summed E-state index contributed by atoms with van der Waals surface area (Å²) in [6.45, 7) is 9.72. The van der Waals surface area contributed by atoms with Crippen molar-refractivity contribution in [2.75, 3.05) is 32.8 Å². The lowest BCUT2D eigenvalue weighted by Crippen LogP contribution is -2.51. The zero-order chi connectivity index (χ0) is 16.9. The van der Waals surface area contributed by atoms with Crippen molar-refractivity contribution < 1.29 is 9.53 Å². The van der Waals surface area contributed by atoms with Crippen molar-refractivity contribution in [3.8, 4) is 0 Å². The van der Waals surface area contributed by atoms with Crippen molar-refractivity contribution in [3.05, 3.63) is 35.9 Å². The zero-order valence-corrected chi connectivity index (χ0v) is 14.4. The molecule has 1 aromatic carbocycles. The smallest absolute Gasteiger partial charge is 0.237 e. The summed E-state index contributed by atoms with van der Waals surface area (Å²) in [5.74, 6) is -0.0910. The molecule has 2 rings (SSSR count). The Morgan fingerprint density at radius 3 is 2.43 bits per heavy atom. The molecule has 0 bridgehead atoms. The second-order valence-corrected chi connectivity index (χ2v) is 7.16. The average Bonchev–Trinajstić information content (AvgIpc) is 2.55. The SMILES string of the molecule is CC(C)(C)[C@H](N)C(=O)NCC(c1ccccc1)N1CCOCC1. The largest absolute Gasteiger partial charge is 0.379 e. The molecule has 23 heavy (non-hydrogen) atoms. The van der Waals surface area contributed by atoms with Crippen LogP contribution < -0.4 is 11.1 Å². The summed E-state index contributed by atoms with van der Waals surface area (Å²) >= 11 is 0. The summed E-state index contributed by atoms with van der Waals surface area (Å²) in [5, 5.41) is 3.04. The van der Waals surface area contributed by atoms with Crippen molar-refractivity contribution in [1.29, 1.82) is 0 Å². The van der Waals surface area contributed by atoms with Gasteiger partial charge in [-0.2, -0.15) is 0 Å². The minimum Gasteiger partial charge on any atom is -0.379 e. The van der Waals surface area contributed by atoms with E-state index in [0.29, 0.717) is 6.54 Å². The second-order valence-electron chi connectivity index (χ2n) is 7.16. The second kappa shape index (κ2) is 7.90. The highest BCUT2D eigenvalue weighted by Crippen LogP contribution is 2.22. The molecule has 1 aliphatic rings. The number of carbonyl (C=O) groups is 1. The number of benzene rings is 1. The predicted octanol–water partition coefficient (Wildman–Crippen LogP) is 1.55. The predicted molar refractivity (Wildman–Crippen MR) is 92.0 cm³/mol. The summed E-state index contributed by atoms with van der Waals surface area (Å²) < 4.78 is 5.45. The van der Waals surface area contributed by atoms with E-state index in [4.69, 9.17) is 10.5 Å². The lowest BCUT2D eigenvalue weighted by Gasteiger charge is -2.35. The Labute approximate surface area is 139 Å². The summed E-state index contributed by atoms with van der Waals surface area (Å²) in [7, 11) is 0. The number of hydrogen-bond donors (Lipinski definition) is 2. The quantitative estimate of drug-likeness (QED) is 0.864. The monoisotopic (exact) mass is 319 g/mol. The van der Waals surface area contributed by atoms with Gasteiger partial charge in [-0.25, -0.2) is 0 Å². The summed E-state index contributed by atoms with van der Waals surface area (Å²) in [6, 6.07) is 9.93. The lowest BCUT2D eigenvalue weighted by atomic mass is 9.87. The molecule has 1 unspecified atom stereocenters. The maximum absolute atomic E-state index is 12.3. The van der Waals surface area contributed by atoms with Crippen LogP contribution in [0.4, 0.5) is 0 Å². The van der Waals surface area contributed by atoms with Crippen molar-refractivity contribution in [3.63, 3.8) is 0 Å². The number of nitrogens with one attached hydrogen (secondary N) is 1. The molecule has 1 heterocycles. The number of rotatable bonds is 5. The van der Waals surface area contributed by atoms with Gasteiger partial charge >= 0.3 is 0 Å². The summed E-state index contributed by atoms with van der Waals surface area (Å²) in [5.41, 5.74) is 7.01. The van der Waals surface area contributed by atoms with Crippen LogP contribution in [0.5, 0.6) is 0 Å². The Morgan fingerprint density at radius 1 is 1.26 bits per heavy atom. The molecule has 5 nitrogen and oxygen atoms in total. The number of morpholine rings is 1. The summed E-state index contributed by atoms with van der Waals surface area (Å²) in [4.78, 5) is 14.7. The van der Waals surface area contributed by atoms with Crippen LogP contribution in [0.2, 0.25) is 0 Å². The van der Waals surface area contributed by atoms with Gasteiger partial charge in [-0.1, -0.05) is 51.1 Å². The van der Waals surface area contributed by atoms with Gasteiger partial charge < -0.3 is 15.8 Å². The van der Waals surface area contributed by atoms with Gasteiger partial charge in [0.15, 0.2) is 0 Å². The molecule has 0 saturated carbocycles. The molecule has 0 spiro atoms. The average molecular weight is 319 g/mol. The van der Waals surface area contributed by atoms with Gasteiger partial charge in [-0.15, -0.1) is 0 Å². The Morgan fingerprint density at radius 2 is 1.87 bits per heavy atom. The normalized spacial score (nSPS) is 19.1. The van der Waals surface area contributed by atoms with E-state index < -0.39 is 6.04 Å². The molecule has 0 aliphatic carbocycles. The van der Waals surface area contributed by atoms with Gasteiger partial charge in [0.1, 0.15) is 0 Å². The molecule has 1 saturated heterocycles. The number of nitrogens with zero attached hydrogens (tertiary/aromatic N) is 1. The van der Waals surface area contributed by atoms with E-state index in [1.807, 2.05) is 39.0 Å². The van der Waals surface area contributed by atoms with Crippen LogP contribution in [0, 0.1) is 5.41 Å². The van der Waals surface area contributed by atoms with Gasteiger partial charge in [0.2, 0.25) is 5.91 Å². The van der Waals surface area contributed by atoms with Crippen LogP contribution in [0.1, 0.15) is 32.4 Å². The van der Waals surface area contributed by atoms with Gasteiger partial charge in [-0.3, -0.25) is 9.69 Å². The van der Waals surface area contributed by atoms with Crippen LogP contribution >= 0.6 is 0 Å². The lowest BCUT2D eigenvalue weighted by molar-refractivity contribution is -0.124. The highest BCUT2D eigenvalue weighted by Gasteiger charge is 2.29. The number of hydrogen-bond acceptors (Lipinski definition) is 4. The van der Waals surface area contributed by atoms with Crippen molar-refractivity contribution in [1.82, 2.24) is 10.2 Å². The van der Waals surface area contributed by atoms with Crippen LogP contribution in [0.25, 0.3) is 0 Å². The van der Waals surface area contributed by atoms with E-state index >= 15 is 0 Å². The highest BCUT2D eigenvalue weighted by molar-refractivity contribution is 5.82. The standard InChI is InChI=1S/C18H29N3O2/c1-18(2,3)16(19)17(22)20-13-15(14-7-5-4-6-8-14)21-9-11-23-12-10-21/h4-8,15-16H,9-13,19H2,1-3H3,(H,20,22)/t15?,16-/m1/s1. The molecule has 2 atom stereocenters. The minimum absolute atomic E-state index is 0.0910. The maximum atomic E-state index is 12.3. The van der Waals surface area contributed by atoms with Crippen molar-refractivity contribution in [2.45, 2.75) is 32.9 Å². The first-order valence-electron chi connectivity index (χ1n) is 8.29. The van der Waals surface area contributed by atoms with Crippen LogP contribution in [0.15, 0.2) is 30.3 Å². The van der Waals surface area contributed by atoms with Crippen molar-refractivity contribution >= 4 is 5.91 Å². The van der Waals surface area contributed by atoms with E-state index in [1.165, 1.54) is 5.56 Å². The van der Waals surface area contributed by atoms with Crippen LogP contribution in [-0.4, -0.2) is 49.7 Å². The van der Waals surface area contributed by atoms with E-state index in [9.17, 15) is 4.79 Å². The molecule has 1 aromatic rings. The number of carbonyl (C=O) groups excluding carboxylic acids is 1. The zero-order valence-electron chi connectivity index (χ0n) is 14.4. The Kier molecular flexibility index (Phi) is 6.16. The molecular formula is C18H29N3O2. The van der Waals surface area contributed by atoms with E-state index in [-0.39, 0.29) is 17.4 Å². The van der Waals surface area contributed by atoms with E-state index in [2.05, 4.69) is 22.3 Å². The number of nitrogens with two attached hydrogens (primary N) is 1. The molecule has 1 fully saturated rings. The Hall–Kier alpha value is -1.43. The minimum atomic E-state index is -0.511. The third-order valence-electron chi connectivity index (χ3n) is 4.36. The molecule has 0 aromatic heterocycles. The first-order chi connectivity index (χ1) is 10.9. The summed E-state index contributed by atoms with van der Waals surface area (Å²) in [6.07, 6.45) is 0. The number of ether oxygens (including phenoxy) is 1. The van der Waals surface area contributed by atoms with Crippen molar-refractivity contribution in [2.24, 2.45) is 11.1 Å². The molecule has 1 amide bonds. The Balaban J connectivity index is 2.05. The first kappa shape index (κ1) is 17.9.